The van der Waals surface area contributed by atoms with Crippen molar-refractivity contribution in [3.05, 3.63) is 65.2 Å². The summed E-state index contributed by atoms with van der Waals surface area (Å²) < 4.78 is 5.16. The second-order valence-corrected chi connectivity index (χ2v) is 7.66. The van der Waals surface area contributed by atoms with Gasteiger partial charge in [-0.05, 0) is 61.7 Å². The number of methoxy groups -OCH3 is 1. The molecule has 1 aliphatic heterocycles. The van der Waals surface area contributed by atoms with Gasteiger partial charge in [-0.15, -0.1) is 0 Å². The molecule has 162 valence electrons. The first-order valence-corrected chi connectivity index (χ1v) is 10.8. The number of hydrogen-bond acceptors (Lipinski definition) is 4. The summed E-state index contributed by atoms with van der Waals surface area (Å²) in [5.74, 6) is 1.48. The zero-order valence-corrected chi connectivity index (χ0v) is 18.1. The largest absolute Gasteiger partial charge is 0.497 e. The fraction of sp³-hybridized carbons (Fsp3) is 0.458. The number of guanidine groups is 1. The summed E-state index contributed by atoms with van der Waals surface area (Å²) in [6, 6.07) is 16.2. The van der Waals surface area contributed by atoms with Crippen LogP contribution >= 0.6 is 0 Å². The fourth-order valence-corrected chi connectivity index (χ4v) is 3.60. The van der Waals surface area contributed by atoms with Crippen LogP contribution in [0.15, 0.2) is 53.5 Å². The molecule has 0 aliphatic carbocycles. The Kier molecular flexibility index (Phi) is 8.53. The Balaban J connectivity index is 1.51. The van der Waals surface area contributed by atoms with E-state index in [0.29, 0.717) is 19.0 Å². The number of aliphatic hydroxyl groups excluding tert-OH is 1. The predicted octanol–water partition coefficient (Wildman–Crippen LogP) is 3.08. The number of likely N-dealkylation sites (tertiary alicyclic amines) is 1. The molecule has 0 amide bonds. The van der Waals surface area contributed by atoms with E-state index >= 15 is 0 Å². The van der Waals surface area contributed by atoms with E-state index in [1.165, 1.54) is 37.1 Å². The molecule has 0 spiro atoms. The number of benzene rings is 2. The molecule has 1 aliphatic rings. The van der Waals surface area contributed by atoms with E-state index in [0.717, 1.165) is 24.4 Å². The van der Waals surface area contributed by atoms with Crippen LogP contribution < -0.4 is 15.4 Å². The second-order valence-electron chi connectivity index (χ2n) is 7.66. The van der Waals surface area contributed by atoms with Gasteiger partial charge in [-0.2, -0.15) is 0 Å². The Bertz CT molecular complexity index is 784. The molecule has 0 bridgehead atoms. The third-order valence-corrected chi connectivity index (χ3v) is 5.36. The van der Waals surface area contributed by atoms with Crippen LogP contribution in [0.4, 0.5) is 0 Å². The molecule has 6 heteroatoms. The van der Waals surface area contributed by atoms with Gasteiger partial charge in [0, 0.05) is 19.6 Å². The lowest BCUT2D eigenvalue weighted by atomic mass is 10.1. The molecule has 1 unspecified atom stereocenters. The Morgan fingerprint density at radius 1 is 1.03 bits per heavy atom. The molecular formula is C24H34N4O2. The van der Waals surface area contributed by atoms with Crippen LogP contribution in [0, 0.1) is 0 Å². The molecular weight excluding hydrogens is 376 g/mol. The summed E-state index contributed by atoms with van der Waals surface area (Å²) in [4.78, 5) is 7.17. The molecule has 3 N–H and O–H groups in total. The molecule has 0 radical (unpaired) electrons. The van der Waals surface area contributed by atoms with Crippen LogP contribution in [0.3, 0.4) is 0 Å². The Labute approximate surface area is 180 Å². The van der Waals surface area contributed by atoms with Crippen LogP contribution in [0.1, 0.15) is 42.6 Å². The number of hydrogen-bond donors (Lipinski definition) is 3. The molecule has 3 rings (SSSR count). The number of ether oxygens (including phenoxy) is 1. The number of nitrogens with zero attached hydrogens (tertiary/aromatic N) is 2. The van der Waals surface area contributed by atoms with Crippen molar-refractivity contribution in [2.45, 2.75) is 39.0 Å². The molecule has 1 heterocycles. The van der Waals surface area contributed by atoms with Crippen molar-refractivity contribution in [1.29, 1.82) is 0 Å². The SMILES string of the molecule is CCNC(=NCc1ccc(CN2CCCC2)cc1)NCC(O)c1ccc(OC)cc1. The van der Waals surface area contributed by atoms with Gasteiger partial charge in [-0.1, -0.05) is 36.4 Å². The van der Waals surface area contributed by atoms with Crippen LogP contribution in [0.5, 0.6) is 5.75 Å². The minimum absolute atomic E-state index is 0.382. The third-order valence-electron chi connectivity index (χ3n) is 5.36. The Morgan fingerprint density at radius 3 is 2.33 bits per heavy atom. The molecule has 1 atom stereocenters. The Morgan fingerprint density at radius 2 is 1.70 bits per heavy atom. The highest BCUT2D eigenvalue weighted by molar-refractivity contribution is 5.79. The molecule has 30 heavy (non-hydrogen) atoms. The van der Waals surface area contributed by atoms with E-state index in [-0.39, 0.29) is 0 Å². The van der Waals surface area contributed by atoms with Crippen molar-refractivity contribution in [3.8, 4) is 5.75 Å². The van der Waals surface area contributed by atoms with Gasteiger partial charge >= 0.3 is 0 Å². The van der Waals surface area contributed by atoms with Crippen LogP contribution in [-0.4, -0.2) is 49.3 Å². The highest BCUT2D eigenvalue weighted by Gasteiger charge is 2.11. The van der Waals surface area contributed by atoms with Crippen molar-refractivity contribution < 1.29 is 9.84 Å². The molecule has 2 aromatic carbocycles. The lowest BCUT2D eigenvalue weighted by Gasteiger charge is -2.16. The van der Waals surface area contributed by atoms with Crippen molar-refractivity contribution in [3.63, 3.8) is 0 Å². The molecule has 6 nitrogen and oxygen atoms in total. The number of nitrogens with one attached hydrogen (secondary N) is 2. The first kappa shape index (κ1) is 22.1. The zero-order valence-electron chi connectivity index (χ0n) is 18.1. The van der Waals surface area contributed by atoms with Gasteiger partial charge in [0.1, 0.15) is 5.75 Å². The first-order valence-electron chi connectivity index (χ1n) is 10.8. The maximum atomic E-state index is 10.4. The molecule has 1 saturated heterocycles. The number of rotatable bonds is 9. The van der Waals surface area contributed by atoms with E-state index in [2.05, 4.69) is 44.8 Å². The van der Waals surface area contributed by atoms with E-state index < -0.39 is 6.10 Å². The van der Waals surface area contributed by atoms with Gasteiger partial charge in [0.25, 0.3) is 0 Å². The summed E-state index contributed by atoms with van der Waals surface area (Å²) in [6.45, 7) is 7.24. The second kappa shape index (κ2) is 11.6. The molecule has 2 aromatic rings. The summed E-state index contributed by atoms with van der Waals surface area (Å²) >= 11 is 0. The van der Waals surface area contributed by atoms with E-state index in [9.17, 15) is 5.11 Å². The zero-order chi connectivity index (χ0) is 21.2. The summed E-state index contributed by atoms with van der Waals surface area (Å²) in [6.07, 6.45) is 2.02. The van der Waals surface area contributed by atoms with Gasteiger partial charge in [-0.3, -0.25) is 4.90 Å². The quantitative estimate of drug-likeness (QED) is 0.438. The molecule has 0 saturated carbocycles. The minimum Gasteiger partial charge on any atom is -0.497 e. The third kappa shape index (κ3) is 6.75. The lowest BCUT2D eigenvalue weighted by molar-refractivity contribution is 0.180. The van der Waals surface area contributed by atoms with Gasteiger partial charge in [0.05, 0.1) is 19.8 Å². The predicted molar refractivity (Wildman–Crippen MR) is 122 cm³/mol. The maximum Gasteiger partial charge on any atom is 0.191 e. The highest BCUT2D eigenvalue weighted by Crippen LogP contribution is 2.17. The molecule has 1 fully saturated rings. The smallest absolute Gasteiger partial charge is 0.191 e. The maximum absolute atomic E-state index is 10.4. The lowest BCUT2D eigenvalue weighted by Crippen LogP contribution is -2.39. The van der Waals surface area contributed by atoms with Crippen LogP contribution in [0.25, 0.3) is 0 Å². The van der Waals surface area contributed by atoms with Gasteiger partial charge in [-0.25, -0.2) is 4.99 Å². The normalized spacial score (nSPS) is 15.8. The van der Waals surface area contributed by atoms with E-state index in [4.69, 9.17) is 4.74 Å². The van der Waals surface area contributed by atoms with Gasteiger partial charge in [0.15, 0.2) is 5.96 Å². The average molecular weight is 411 g/mol. The fourth-order valence-electron chi connectivity index (χ4n) is 3.60. The number of aliphatic imine (C=N–C) groups is 1. The van der Waals surface area contributed by atoms with Crippen LogP contribution in [0.2, 0.25) is 0 Å². The van der Waals surface area contributed by atoms with Gasteiger partial charge < -0.3 is 20.5 Å². The van der Waals surface area contributed by atoms with Crippen molar-refractivity contribution in [2.24, 2.45) is 4.99 Å². The average Bonchev–Trinajstić information content (AvgIpc) is 3.29. The van der Waals surface area contributed by atoms with Crippen molar-refractivity contribution in [2.75, 3.05) is 33.3 Å². The van der Waals surface area contributed by atoms with Gasteiger partial charge in [0.2, 0.25) is 0 Å². The van der Waals surface area contributed by atoms with Crippen molar-refractivity contribution >= 4 is 5.96 Å². The van der Waals surface area contributed by atoms with E-state index in [1.807, 2.05) is 31.2 Å². The topological polar surface area (TPSA) is 69.1 Å². The summed E-state index contributed by atoms with van der Waals surface area (Å²) in [7, 11) is 1.63. The summed E-state index contributed by atoms with van der Waals surface area (Å²) in [5.41, 5.74) is 3.37. The number of aliphatic hydroxyl groups is 1. The van der Waals surface area contributed by atoms with Crippen LogP contribution in [-0.2, 0) is 13.1 Å². The minimum atomic E-state index is -0.621. The standard InChI is InChI=1S/C24H34N4O2/c1-3-25-24(27-17-23(29)21-10-12-22(30-2)13-11-21)26-16-19-6-8-20(9-7-19)18-28-14-4-5-15-28/h6-13,23,29H,3-5,14-18H2,1-2H3,(H2,25,26,27). The summed E-state index contributed by atoms with van der Waals surface area (Å²) in [5, 5.41) is 16.9. The van der Waals surface area contributed by atoms with E-state index in [1.54, 1.807) is 7.11 Å². The monoisotopic (exact) mass is 410 g/mol. The first-order chi connectivity index (χ1) is 14.7. The molecule has 0 aromatic heterocycles. The van der Waals surface area contributed by atoms with Crippen molar-refractivity contribution in [1.82, 2.24) is 15.5 Å². The Hall–Kier alpha value is -2.57. The highest BCUT2D eigenvalue weighted by atomic mass is 16.5.